The molecule has 1 aromatic heterocycles. The molecule has 1 heterocycles. The molecule has 0 aliphatic rings. The minimum absolute atomic E-state index is 0.0675. The van der Waals surface area contributed by atoms with Gasteiger partial charge >= 0.3 is 6.18 Å². The third-order valence-corrected chi connectivity index (χ3v) is 2.53. The van der Waals surface area contributed by atoms with Gasteiger partial charge in [0, 0.05) is 30.8 Å². The number of alkyl halides is 3. The molecular formula is C11H15F3N2O. The lowest BCUT2D eigenvalue weighted by Crippen LogP contribution is -2.27. The predicted molar refractivity (Wildman–Crippen MR) is 58.6 cm³/mol. The summed E-state index contributed by atoms with van der Waals surface area (Å²) in [6.45, 7) is 1.85. The number of aryl methyl sites for hydroxylation is 1. The average Bonchev–Trinajstić information content (AvgIpc) is 2.21. The van der Waals surface area contributed by atoms with Crippen LogP contribution in [0.1, 0.15) is 24.1 Å². The first-order valence-corrected chi connectivity index (χ1v) is 5.31. The van der Waals surface area contributed by atoms with E-state index < -0.39 is 12.6 Å². The minimum Gasteiger partial charge on any atom is -0.326 e. The summed E-state index contributed by atoms with van der Waals surface area (Å²) in [5.41, 5.74) is 6.14. The first kappa shape index (κ1) is 13.8. The Labute approximate surface area is 97.0 Å². The molecule has 0 unspecified atom stereocenters. The summed E-state index contributed by atoms with van der Waals surface area (Å²) in [7, 11) is 0. The van der Waals surface area contributed by atoms with Crippen molar-refractivity contribution in [1.29, 1.82) is 0 Å². The van der Waals surface area contributed by atoms with E-state index in [4.69, 9.17) is 5.73 Å². The van der Waals surface area contributed by atoms with E-state index in [-0.39, 0.29) is 25.1 Å². The van der Waals surface area contributed by atoms with Crippen LogP contribution in [0.3, 0.4) is 0 Å². The molecule has 6 heteroatoms. The number of pyridine rings is 1. The summed E-state index contributed by atoms with van der Waals surface area (Å²) in [4.78, 5) is 11.8. The van der Waals surface area contributed by atoms with Gasteiger partial charge in [0.25, 0.3) is 5.56 Å². The molecule has 0 bridgehead atoms. The summed E-state index contributed by atoms with van der Waals surface area (Å²) < 4.78 is 37.3. The molecule has 0 radical (unpaired) electrons. The topological polar surface area (TPSA) is 48.0 Å². The first-order chi connectivity index (χ1) is 7.85. The highest BCUT2D eigenvalue weighted by atomic mass is 19.4. The lowest BCUT2D eigenvalue weighted by Gasteiger charge is -2.12. The van der Waals surface area contributed by atoms with E-state index in [1.165, 1.54) is 4.57 Å². The number of hydrogen-bond acceptors (Lipinski definition) is 2. The molecule has 2 N–H and O–H groups in total. The molecule has 0 spiro atoms. The van der Waals surface area contributed by atoms with Crippen molar-refractivity contribution >= 4 is 0 Å². The van der Waals surface area contributed by atoms with Gasteiger partial charge in [0.05, 0.1) is 0 Å². The van der Waals surface area contributed by atoms with Gasteiger partial charge in [-0.1, -0.05) is 6.07 Å². The number of hydrogen-bond donors (Lipinski definition) is 1. The number of nitrogens with zero attached hydrogens (tertiary/aromatic N) is 1. The molecule has 17 heavy (non-hydrogen) atoms. The molecule has 0 aliphatic heterocycles. The van der Waals surface area contributed by atoms with Crippen molar-refractivity contribution < 1.29 is 13.2 Å². The Hall–Kier alpha value is -1.30. The van der Waals surface area contributed by atoms with Crippen molar-refractivity contribution in [2.45, 2.75) is 39.0 Å². The van der Waals surface area contributed by atoms with Crippen LogP contribution >= 0.6 is 0 Å². The van der Waals surface area contributed by atoms with Gasteiger partial charge in [-0.15, -0.1) is 0 Å². The summed E-state index contributed by atoms with van der Waals surface area (Å²) >= 11 is 0. The van der Waals surface area contributed by atoms with E-state index in [9.17, 15) is 18.0 Å². The van der Waals surface area contributed by atoms with Crippen LogP contribution in [0.25, 0.3) is 0 Å². The van der Waals surface area contributed by atoms with E-state index in [1.54, 1.807) is 19.1 Å². The standard InChI is InChI=1S/C11H15F3N2O/c1-8-3-4-9(7-15)10(17)16(8)6-2-5-11(12,13)14/h3-4H,2,5-7,15H2,1H3. The second-order valence-electron chi connectivity index (χ2n) is 3.88. The highest BCUT2D eigenvalue weighted by Crippen LogP contribution is 2.21. The highest BCUT2D eigenvalue weighted by molar-refractivity contribution is 5.15. The Morgan fingerprint density at radius 3 is 2.53 bits per heavy atom. The van der Waals surface area contributed by atoms with Crippen molar-refractivity contribution in [3.63, 3.8) is 0 Å². The normalized spacial score (nSPS) is 11.8. The third-order valence-electron chi connectivity index (χ3n) is 2.53. The Bertz CT molecular complexity index is 437. The van der Waals surface area contributed by atoms with Gasteiger partial charge in [0.15, 0.2) is 0 Å². The first-order valence-electron chi connectivity index (χ1n) is 5.31. The Morgan fingerprint density at radius 2 is 2.00 bits per heavy atom. The quantitative estimate of drug-likeness (QED) is 0.885. The van der Waals surface area contributed by atoms with Crippen molar-refractivity contribution in [2.24, 2.45) is 5.73 Å². The number of rotatable bonds is 4. The molecule has 0 atom stereocenters. The number of aromatic nitrogens is 1. The second kappa shape index (κ2) is 5.35. The van der Waals surface area contributed by atoms with Gasteiger partial charge in [0.2, 0.25) is 0 Å². The summed E-state index contributed by atoms with van der Waals surface area (Å²) in [6, 6.07) is 3.30. The van der Waals surface area contributed by atoms with Gasteiger partial charge in [0.1, 0.15) is 0 Å². The van der Waals surface area contributed by atoms with Crippen LogP contribution in [0.5, 0.6) is 0 Å². The zero-order valence-electron chi connectivity index (χ0n) is 9.55. The van der Waals surface area contributed by atoms with Crippen LogP contribution in [0.4, 0.5) is 13.2 Å². The summed E-state index contributed by atoms with van der Waals surface area (Å²) in [6.07, 6.45) is -5.16. The maximum atomic E-state index is 12.0. The summed E-state index contributed by atoms with van der Waals surface area (Å²) in [5.74, 6) is 0. The highest BCUT2D eigenvalue weighted by Gasteiger charge is 2.26. The van der Waals surface area contributed by atoms with Gasteiger partial charge in [-0.25, -0.2) is 0 Å². The molecule has 96 valence electrons. The molecule has 0 saturated carbocycles. The van der Waals surface area contributed by atoms with E-state index >= 15 is 0 Å². The van der Waals surface area contributed by atoms with Crippen LogP contribution in [-0.2, 0) is 13.1 Å². The van der Waals surface area contributed by atoms with Gasteiger partial charge < -0.3 is 10.3 Å². The zero-order chi connectivity index (χ0) is 13.1. The van der Waals surface area contributed by atoms with E-state index in [2.05, 4.69) is 0 Å². The lowest BCUT2D eigenvalue weighted by atomic mass is 10.2. The molecule has 0 aromatic carbocycles. The van der Waals surface area contributed by atoms with Gasteiger partial charge in [-0.3, -0.25) is 4.79 Å². The molecule has 0 aliphatic carbocycles. The number of halogens is 3. The molecule has 0 saturated heterocycles. The molecule has 0 amide bonds. The van der Waals surface area contributed by atoms with Crippen molar-refractivity contribution in [2.75, 3.05) is 0 Å². The Balaban J connectivity index is 2.80. The number of nitrogens with two attached hydrogens (primary N) is 1. The molecule has 0 fully saturated rings. The lowest BCUT2D eigenvalue weighted by molar-refractivity contribution is -0.135. The molecule has 1 rings (SSSR count). The Kier molecular flexibility index (Phi) is 4.34. The monoisotopic (exact) mass is 248 g/mol. The van der Waals surface area contributed by atoms with Crippen molar-refractivity contribution in [3.05, 3.63) is 33.7 Å². The third kappa shape index (κ3) is 3.89. The van der Waals surface area contributed by atoms with Crippen LogP contribution in [0.2, 0.25) is 0 Å². The van der Waals surface area contributed by atoms with Crippen LogP contribution in [0.15, 0.2) is 16.9 Å². The van der Waals surface area contributed by atoms with E-state index in [1.807, 2.05) is 0 Å². The summed E-state index contributed by atoms with van der Waals surface area (Å²) in [5, 5.41) is 0. The zero-order valence-corrected chi connectivity index (χ0v) is 9.55. The average molecular weight is 248 g/mol. The fourth-order valence-corrected chi connectivity index (χ4v) is 1.59. The smallest absolute Gasteiger partial charge is 0.326 e. The fourth-order valence-electron chi connectivity index (χ4n) is 1.59. The maximum absolute atomic E-state index is 12.0. The van der Waals surface area contributed by atoms with Crippen LogP contribution < -0.4 is 11.3 Å². The van der Waals surface area contributed by atoms with Crippen LogP contribution in [0, 0.1) is 6.92 Å². The van der Waals surface area contributed by atoms with Crippen molar-refractivity contribution in [3.8, 4) is 0 Å². The fraction of sp³-hybridized carbons (Fsp3) is 0.545. The van der Waals surface area contributed by atoms with E-state index in [0.29, 0.717) is 11.3 Å². The second-order valence-corrected chi connectivity index (χ2v) is 3.88. The van der Waals surface area contributed by atoms with E-state index in [0.717, 1.165) is 0 Å². The van der Waals surface area contributed by atoms with Crippen molar-refractivity contribution in [1.82, 2.24) is 4.57 Å². The SMILES string of the molecule is Cc1ccc(CN)c(=O)n1CCCC(F)(F)F. The molecule has 3 nitrogen and oxygen atoms in total. The van der Waals surface area contributed by atoms with Crippen LogP contribution in [-0.4, -0.2) is 10.7 Å². The molecule has 1 aromatic rings. The molecular weight excluding hydrogens is 233 g/mol. The van der Waals surface area contributed by atoms with Gasteiger partial charge in [-0.05, 0) is 19.4 Å². The minimum atomic E-state index is -4.18. The largest absolute Gasteiger partial charge is 0.389 e. The Morgan fingerprint density at radius 1 is 1.35 bits per heavy atom. The van der Waals surface area contributed by atoms with Gasteiger partial charge in [-0.2, -0.15) is 13.2 Å². The predicted octanol–water partition coefficient (Wildman–Crippen LogP) is 1.96. The maximum Gasteiger partial charge on any atom is 0.389 e.